The molecule has 1 N–H and O–H groups in total. The molecule has 0 aliphatic rings. The Kier molecular flexibility index (Phi) is 2.68. The molecule has 3 aromatic heterocycles. The topological polar surface area (TPSA) is 80.4 Å². The van der Waals surface area contributed by atoms with E-state index in [-0.39, 0.29) is 6.42 Å². The lowest BCUT2D eigenvalue weighted by atomic mass is 10.0. The molecule has 0 unspecified atom stereocenters. The predicted octanol–water partition coefficient (Wildman–Crippen LogP) is 1.42. The van der Waals surface area contributed by atoms with Crippen molar-refractivity contribution in [3.05, 3.63) is 48.5 Å². The number of hydrogen-bond donors (Lipinski definition) is 1. The highest BCUT2D eigenvalue weighted by Crippen LogP contribution is 2.24. The van der Waals surface area contributed by atoms with Crippen molar-refractivity contribution in [1.29, 1.82) is 0 Å². The van der Waals surface area contributed by atoms with Gasteiger partial charge < -0.3 is 5.11 Å². The third-order valence-corrected chi connectivity index (χ3v) is 2.86. The summed E-state index contributed by atoms with van der Waals surface area (Å²) in [6.45, 7) is 0. The van der Waals surface area contributed by atoms with Crippen molar-refractivity contribution in [2.45, 2.75) is 6.42 Å². The van der Waals surface area contributed by atoms with Crippen molar-refractivity contribution in [2.75, 3.05) is 0 Å². The maximum absolute atomic E-state index is 10.9. The monoisotopic (exact) mass is 254 g/mol. The van der Waals surface area contributed by atoms with E-state index in [4.69, 9.17) is 5.11 Å². The minimum Gasteiger partial charge on any atom is -0.481 e. The number of hydrogen-bond acceptors (Lipinski definition) is 4. The van der Waals surface area contributed by atoms with Gasteiger partial charge in [-0.1, -0.05) is 5.21 Å². The van der Waals surface area contributed by atoms with E-state index < -0.39 is 5.97 Å². The SMILES string of the molecule is O=C(O)Cc1cnccc1-c1ccn2nncc2c1. The van der Waals surface area contributed by atoms with Crippen molar-refractivity contribution >= 4 is 11.5 Å². The first-order valence-corrected chi connectivity index (χ1v) is 5.69. The molecule has 0 fully saturated rings. The number of nitrogens with zero attached hydrogens (tertiary/aromatic N) is 4. The molecule has 0 saturated heterocycles. The van der Waals surface area contributed by atoms with Gasteiger partial charge in [0.15, 0.2) is 0 Å². The Morgan fingerprint density at radius 1 is 1.32 bits per heavy atom. The molecule has 19 heavy (non-hydrogen) atoms. The van der Waals surface area contributed by atoms with Gasteiger partial charge in [0.25, 0.3) is 0 Å². The fraction of sp³-hybridized carbons (Fsp3) is 0.0769. The van der Waals surface area contributed by atoms with Crippen LogP contribution in [-0.4, -0.2) is 30.9 Å². The highest BCUT2D eigenvalue weighted by molar-refractivity contribution is 5.77. The van der Waals surface area contributed by atoms with Gasteiger partial charge in [0.2, 0.25) is 0 Å². The van der Waals surface area contributed by atoms with Crippen molar-refractivity contribution in [3.63, 3.8) is 0 Å². The summed E-state index contributed by atoms with van der Waals surface area (Å²) in [5.41, 5.74) is 3.33. The third kappa shape index (κ3) is 2.15. The molecule has 0 aromatic carbocycles. The summed E-state index contributed by atoms with van der Waals surface area (Å²) in [7, 11) is 0. The summed E-state index contributed by atoms with van der Waals surface area (Å²) in [5, 5.41) is 16.6. The molecule has 3 rings (SSSR count). The molecule has 0 radical (unpaired) electrons. The summed E-state index contributed by atoms with van der Waals surface area (Å²) in [5.74, 6) is -0.874. The van der Waals surface area contributed by atoms with Crippen LogP contribution in [0.1, 0.15) is 5.56 Å². The van der Waals surface area contributed by atoms with Gasteiger partial charge in [-0.25, -0.2) is 4.52 Å². The summed E-state index contributed by atoms with van der Waals surface area (Å²) in [4.78, 5) is 14.9. The number of aliphatic carboxylic acids is 1. The number of pyridine rings is 2. The van der Waals surface area contributed by atoms with Gasteiger partial charge in [-0.15, -0.1) is 5.10 Å². The van der Waals surface area contributed by atoms with Crippen LogP contribution in [0.5, 0.6) is 0 Å². The molecule has 0 aliphatic heterocycles. The number of fused-ring (bicyclic) bond motifs is 1. The Bertz CT molecular complexity index is 751. The number of carbonyl (C=O) groups is 1. The zero-order valence-electron chi connectivity index (χ0n) is 9.89. The molecular formula is C13H10N4O2. The van der Waals surface area contributed by atoms with Crippen molar-refractivity contribution in [2.24, 2.45) is 0 Å². The lowest BCUT2D eigenvalue weighted by Gasteiger charge is -2.07. The Morgan fingerprint density at radius 3 is 3.05 bits per heavy atom. The van der Waals surface area contributed by atoms with Crippen LogP contribution in [0, 0.1) is 0 Å². The van der Waals surface area contributed by atoms with Crippen LogP contribution in [0.2, 0.25) is 0 Å². The largest absolute Gasteiger partial charge is 0.481 e. The molecule has 0 aliphatic carbocycles. The van der Waals surface area contributed by atoms with E-state index in [1.807, 2.05) is 18.2 Å². The zero-order chi connectivity index (χ0) is 13.2. The van der Waals surface area contributed by atoms with E-state index in [1.165, 1.54) is 0 Å². The first kappa shape index (κ1) is 11.3. The van der Waals surface area contributed by atoms with E-state index >= 15 is 0 Å². The Morgan fingerprint density at radius 2 is 2.21 bits per heavy atom. The molecule has 0 amide bonds. The molecule has 0 atom stereocenters. The van der Waals surface area contributed by atoms with E-state index in [0.29, 0.717) is 5.56 Å². The second-order valence-corrected chi connectivity index (χ2v) is 4.12. The van der Waals surface area contributed by atoms with Gasteiger partial charge >= 0.3 is 5.97 Å². The fourth-order valence-corrected chi connectivity index (χ4v) is 2.01. The van der Waals surface area contributed by atoms with Gasteiger partial charge in [-0.05, 0) is 34.9 Å². The van der Waals surface area contributed by atoms with Crippen LogP contribution in [0.25, 0.3) is 16.6 Å². The molecular weight excluding hydrogens is 244 g/mol. The second kappa shape index (κ2) is 4.49. The van der Waals surface area contributed by atoms with E-state index in [2.05, 4.69) is 15.3 Å². The second-order valence-electron chi connectivity index (χ2n) is 4.12. The highest BCUT2D eigenvalue weighted by Gasteiger charge is 2.09. The number of carboxylic acid groups (broad SMARTS) is 1. The lowest BCUT2D eigenvalue weighted by molar-refractivity contribution is -0.136. The van der Waals surface area contributed by atoms with E-state index in [0.717, 1.165) is 16.6 Å². The highest BCUT2D eigenvalue weighted by atomic mass is 16.4. The maximum Gasteiger partial charge on any atom is 0.307 e. The van der Waals surface area contributed by atoms with Gasteiger partial charge in [0, 0.05) is 18.6 Å². The molecule has 0 bridgehead atoms. The van der Waals surface area contributed by atoms with Gasteiger partial charge in [0.1, 0.15) is 0 Å². The first-order valence-electron chi connectivity index (χ1n) is 5.69. The smallest absolute Gasteiger partial charge is 0.307 e. The van der Waals surface area contributed by atoms with Crippen molar-refractivity contribution < 1.29 is 9.90 Å². The van der Waals surface area contributed by atoms with Crippen LogP contribution < -0.4 is 0 Å². The normalized spacial score (nSPS) is 10.7. The van der Waals surface area contributed by atoms with Crippen molar-refractivity contribution in [1.82, 2.24) is 19.8 Å². The van der Waals surface area contributed by atoms with Crippen LogP contribution in [0.4, 0.5) is 0 Å². The Labute approximate surface area is 108 Å². The fourth-order valence-electron chi connectivity index (χ4n) is 2.01. The summed E-state index contributed by atoms with van der Waals surface area (Å²) < 4.78 is 1.65. The molecule has 3 heterocycles. The molecule has 6 nitrogen and oxygen atoms in total. The quantitative estimate of drug-likeness (QED) is 0.764. The molecule has 3 aromatic rings. The summed E-state index contributed by atoms with van der Waals surface area (Å²) in [6, 6.07) is 5.61. The van der Waals surface area contributed by atoms with E-state index in [1.54, 1.807) is 29.3 Å². The average Bonchev–Trinajstić information content (AvgIpc) is 2.86. The number of rotatable bonds is 3. The first-order chi connectivity index (χ1) is 9.24. The summed E-state index contributed by atoms with van der Waals surface area (Å²) in [6.07, 6.45) is 6.64. The molecule has 94 valence electrons. The molecule has 0 spiro atoms. The van der Waals surface area contributed by atoms with Crippen LogP contribution in [0.15, 0.2) is 43.0 Å². The van der Waals surface area contributed by atoms with Crippen LogP contribution in [-0.2, 0) is 11.2 Å². The molecule has 6 heteroatoms. The average molecular weight is 254 g/mol. The van der Waals surface area contributed by atoms with Gasteiger partial charge in [-0.2, -0.15) is 0 Å². The maximum atomic E-state index is 10.9. The number of aromatic nitrogens is 4. The third-order valence-electron chi connectivity index (χ3n) is 2.86. The Balaban J connectivity index is 2.12. The van der Waals surface area contributed by atoms with Gasteiger partial charge in [-0.3, -0.25) is 9.78 Å². The predicted molar refractivity (Wildman–Crippen MR) is 67.6 cm³/mol. The number of carboxylic acids is 1. The van der Waals surface area contributed by atoms with Crippen molar-refractivity contribution in [3.8, 4) is 11.1 Å². The van der Waals surface area contributed by atoms with Gasteiger partial charge in [0.05, 0.1) is 18.1 Å². The van der Waals surface area contributed by atoms with Crippen LogP contribution >= 0.6 is 0 Å². The Hall–Kier alpha value is -2.76. The standard InChI is InChI=1S/C13H10N4O2/c18-13(19)6-10-7-14-3-1-12(10)9-2-4-17-11(5-9)8-15-16-17/h1-5,7-8H,6H2,(H,18,19). The lowest BCUT2D eigenvalue weighted by Crippen LogP contribution is -2.02. The summed E-state index contributed by atoms with van der Waals surface area (Å²) >= 11 is 0. The van der Waals surface area contributed by atoms with E-state index in [9.17, 15) is 4.79 Å². The van der Waals surface area contributed by atoms with Crippen LogP contribution in [0.3, 0.4) is 0 Å². The minimum absolute atomic E-state index is 0.0497. The zero-order valence-corrected chi connectivity index (χ0v) is 9.89. The minimum atomic E-state index is -0.874. The molecule has 0 saturated carbocycles.